The third-order valence-corrected chi connectivity index (χ3v) is 6.33. The molecule has 3 atom stereocenters. The standard InChI is InChI=1S/C21H30N2O4/c1-2-10-22-19(24)13-23-11-9-21(25)8-4-3-5-16(21)20(23)15-6-7-17-18(12-15)27-14-26-17/h6-7,12,16,20,25H,2-5,8-11,13-14H2,1H3,(H,22,24). The Bertz CT molecular complexity index is 695. The molecule has 148 valence electrons. The van der Waals surface area contributed by atoms with E-state index in [2.05, 4.69) is 23.2 Å². The van der Waals surface area contributed by atoms with E-state index in [0.29, 0.717) is 13.1 Å². The molecule has 0 spiro atoms. The third kappa shape index (κ3) is 3.65. The molecule has 2 aliphatic heterocycles. The monoisotopic (exact) mass is 374 g/mol. The van der Waals surface area contributed by atoms with Gasteiger partial charge in [-0.25, -0.2) is 0 Å². The van der Waals surface area contributed by atoms with Crippen molar-refractivity contribution in [2.45, 2.75) is 57.1 Å². The summed E-state index contributed by atoms with van der Waals surface area (Å²) in [6, 6.07) is 6.06. The molecule has 2 N–H and O–H groups in total. The number of rotatable bonds is 5. The quantitative estimate of drug-likeness (QED) is 0.829. The predicted molar refractivity (Wildman–Crippen MR) is 102 cm³/mol. The van der Waals surface area contributed by atoms with E-state index in [1.165, 1.54) is 0 Å². The minimum absolute atomic E-state index is 0.0194. The Kier molecular flexibility index (Phi) is 5.28. The lowest BCUT2D eigenvalue weighted by Gasteiger charge is -2.52. The van der Waals surface area contributed by atoms with Crippen molar-refractivity contribution in [1.29, 1.82) is 0 Å². The van der Waals surface area contributed by atoms with Gasteiger partial charge in [0.25, 0.3) is 0 Å². The molecule has 6 nitrogen and oxygen atoms in total. The van der Waals surface area contributed by atoms with Gasteiger partial charge in [-0.2, -0.15) is 0 Å². The summed E-state index contributed by atoms with van der Waals surface area (Å²) in [5.41, 5.74) is 0.475. The summed E-state index contributed by atoms with van der Waals surface area (Å²) in [5.74, 6) is 1.72. The summed E-state index contributed by atoms with van der Waals surface area (Å²) in [5, 5.41) is 14.3. The van der Waals surface area contributed by atoms with Gasteiger partial charge in [0.15, 0.2) is 11.5 Å². The van der Waals surface area contributed by atoms with E-state index >= 15 is 0 Å². The maximum Gasteiger partial charge on any atom is 0.234 e. The first-order chi connectivity index (χ1) is 13.1. The maximum absolute atomic E-state index is 12.4. The molecule has 0 bridgehead atoms. The van der Waals surface area contributed by atoms with Crippen LogP contribution in [-0.2, 0) is 4.79 Å². The normalized spacial score (nSPS) is 30.0. The van der Waals surface area contributed by atoms with Crippen LogP contribution in [0.1, 0.15) is 57.1 Å². The fourth-order valence-electron chi connectivity index (χ4n) is 4.96. The maximum atomic E-state index is 12.4. The second-order valence-corrected chi connectivity index (χ2v) is 8.08. The van der Waals surface area contributed by atoms with Crippen LogP contribution in [0.2, 0.25) is 0 Å². The Hall–Kier alpha value is -1.79. The van der Waals surface area contributed by atoms with Crippen molar-refractivity contribution in [2.24, 2.45) is 5.92 Å². The van der Waals surface area contributed by atoms with Crippen molar-refractivity contribution in [2.75, 3.05) is 26.4 Å². The highest BCUT2D eigenvalue weighted by molar-refractivity contribution is 5.78. The number of nitrogens with zero attached hydrogens (tertiary/aromatic N) is 1. The number of hydrogen-bond acceptors (Lipinski definition) is 5. The van der Waals surface area contributed by atoms with Gasteiger partial charge in [-0.15, -0.1) is 0 Å². The molecule has 3 unspecified atom stereocenters. The van der Waals surface area contributed by atoms with E-state index in [0.717, 1.165) is 62.1 Å². The molecular weight excluding hydrogens is 344 g/mol. The first-order valence-electron chi connectivity index (χ1n) is 10.2. The van der Waals surface area contributed by atoms with Gasteiger partial charge in [-0.1, -0.05) is 25.8 Å². The Morgan fingerprint density at radius 1 is 1.30 bits per heavy atom. The lowest BCUT2D eigenvalue weighted by Crippen LogP contribution is -2.56. The van der Waals surface area contributed by atoms with Gasteiger partial charge in [0.05, 0.1) is 12.1 Å². The zero-order chi connectivity index (χ0) is 18.9. The van der Waals surface area contributed by atoms with E-state index in [1.54, 1.807) is 0 Å². The summed E-state index contributed by atoms with van der Waals surface area (Å²) < 4.78 is 11.0. The zero-order valence-corrected chi connectivity index (χ0v) is 16.1. The largest absolute Gasteiger partial charge is 0.454 e. The highest BCUT2D eigenvalue weighted by Crippen LogP contribution is 2.50. The number of likely N-dealkylation sites (tertiary alicyclic amines) is 1. The number of carbonyl (C=O) groups is 1. The smallest absolute Gasteiger partial charge is 0.234 e. The predicted octanol–water partition coefficient (Wildman–Crippen LogP) is 2.61. The molecule has 1 aromatic carbocycles. The van der Waals surface area contributed by atoms with E-state index in [4.69, 9.17) is 9.47 Å². The molecule has 27 heavy (non-hydrogen) atoms. The third-order valence-electron chi connectivity index (χ3n) is 6.33. The van der Waals surface area contributed by atoms with Crippen LogP contribution >= 0.6 is 0 Å². The zero-order valence-electron chi connectivity index (χ0n) is 16.1. The van der Waals surface area contributed by atoms with Crippen molar-refractivity contribution in [1.82, 2.24) is 10.2 Å². The number of piperidine rings is 1. The fourth-order valence-corrected chi connectivity index (χ4v) is 4.96. The molecule has 1 saturated heterocycles. The lowest BCUT2D eigenvalue weighted by molar-refractivity contribution is -0.137. The van der Waals surface area contributed by atoms with Crippen molar-refractivity contribution in [3.8, 4) is 11.5 Å². The topological polar surface area (TPSA) is 71.0 Å². The molecule has 0 aromatic heterocycles. The highest BCUT2D eigenvalue weighted by Gasteiger charge is 2.49. The van der Waals surface area contributed by atoms with E-state index < -0.39 is 5.60 Å². The van der Waals surface area contributed by atoms with Crippen LogP contribution in [-0.4, -0.2) is 47.9 Å². The Morgan fingerprint density at radius 3 is 3.00 bits per heavy atom. The number of aliphatic hydroxyl groups is 1. The second kappa shape index (κ2) is 7.68. The van der Waals surface area contributed by atoms with Gasteiger partial charge < -0.3 is 19.9 Å². The first-order valence-corrected chi connectivity index (χ1v) is 10.2. The molecule has 1 amide bonds. The van der Waals surface area contributed by atoms with E-state index in [1.807, 2.05) is 12.1 Å². The van der Waals surface area contributed by atoms with Crippen LogP contribution in [0.3, 0.4) is 0 Å². The number of amides is 1. The molecule has 3 aliphatic rings. The molecule has 6 heteroatoms. The summed E-state index contributed by atoms with van der Waals surface area (Å²) in [4.78, 5) is 14.7. The number of ether oxygens (including phenoxy) is 2. The first kappa shape index (κ1) is 18.6. The summed E-state index contributed by atoms with van der Waals surface area (Å²) in [7, 11) is 0. The van der Waals surface area contributed by atoms with Gasteiger partial charge in [-0.05, 0) is 43.4 Å². The summed E-state index contributed by atoms with van der Waals surface area (Å²) in [6.45, 7) is 4.10. The van der Waals surface area contributed by atoms with Crippen LogP contribution < -0.4 is 14.8 Å². The molecule has 4 rings (SSSR count). The minimum atomic E-state index is -0.629. The molecule has 0 radical (unpaired) electrons. The number of hydrogen-bond donors (Lipinski definition) is 2. The number of nitrogens with one attached hydrogen (secondary N) is 1. The minimum Gasteiger partial charge on any atom is -0.454 e. The van der Waals surface area contributed by atoms with Gasteiger partial charge in [-0.3, -0.25) is 9.69 Å². The Labute approximate surface area is 160 Å². The van der Waals surface area contributed by atoms with Gasteiger partial charge >= 0.3 is 0 Å². The Morgan fingerprint density at radius 2 is 2.15 bits per heavy atom. The Balaban J connectivity index is 1.63. The number of carbonyl (C=O) groups excluding carboxylic acids is 1. The average Bonchev–Trinajstić information content (AvgIpc) is 3.14. The van der Waals surface area contributed by atoms with Gasteiger partial charge in [0.1, 0.15) is 0 Å². The molecule has 1 saturated carbocycles. The van der Waals surface area contributed by atoms with Crippen molar-refractivity contribution in [3.05, 3.63) is 23.8 Å². The van der Waals surface area contributed by atoms with Crippen molar-refractivity contribution >= 4 is 5.91 Å². The summed E-state index contributed by atoms with van der Waals surface area (Å²) in [6.07, 6.45) is 5.72. The van der Waals surface area contributed by atoms with Crippen LogP contribution in [0.15, 0.2) is 18.2 Å². The van der Waals surface area contributed by atoms with E-state index in [-0.39, 0.29) is 24.7 Å². The molecule has 1 aliphatic carbocycles. The molecule has 2 fully saturated rings. The highest BCUT2D eigenvalue weighted by atomic mass is 16.7. The SMILES string of the molecule is CCCNC(=O)CN1CCC2(O)CCCCC2C1c1ccc2c(c1)OCO2. The van der Waals surface area contributed by atoms with Crippen LogP contribution in [0.4, 0.5) is 0 Å². The summed E-state index contributed by atoms with van der Waals surface area (Å²) >= 11 is 0. The average molecular weight is 374 g/mol. The fraction of sp³-hybridized carbons (Fsp3) is 0.667. The van der Waals surface area contributed by atoms with Crippen molar-refractivity contribution < 1.29 is 19.4 Å². The molecular formula is C21H30N2O4. The number of fused-ring (bicyclic) bond motifs is 2. The van der Waals surface area contributed by atoms with Gasteiger partial charge in [0, 0.05) is 25.0 Å². The van der Waals surface area contributed by atoms with Gasteiger partial charge in [0.2, 0.25) is 12.7 Å². The second-order valence-electron chi connectivity index (χ2n) is 8.08. The molecule has 1 aromatic rings. The van der Waals surface area contributed by atoms with Crippen LogP contribution in [0.25, 0.3) is 0 Å². The van der Waals surface area contributed by atoms with Crippen LogP contribution in [0, 0.1) is 5.92 Å². The lowest BCUT2D eigenvalue weighted by atomic mass is 9.66. The van der Waals surface area contributed by atoms with Crippen LogP contribution in [0.5, 0.6) is 11.5 Å². The number of benzene rings is 1. The van der Waals surface area contributed by atoms with Crippen molar-refractivity contribution in [3.63, 3.8) is 0 Å². The molecule has 2 heterocycles. The van der Waals surface area contributed by atoms with E-state index in [9.17, 15) is 9.90 Å².